The number of nitrogens with zero attached hydrogens (tertiary/aromatic N) is 1. The molecule has 1 atom stereocenters. The zero-order chi connectivity index (χ0) is 15.6. The Morgan fingerprint density at radius 2 is 2.19 bits per heavy atom. The van der Waals surface area contributed by atoms with E-state index < -0.39 is 16.1 Å². The molecule has 1 heterocycles. The second-order valence-corrected chi connectivity index (χ2v) is 6.80. The van der Waals surface area contributed by atoms with E-state index in [9.17, 15) is 8.42 Å². The van der Waals surface area contributed by atoms with Crippen molar-refractivity contribution in [3.63, 3.8) is 0 Å². The van der Waals surface area contributed by atoms with E-state index in [4.69, 9.17) is 17.3 Å². The van der Waals surface area contributed by atoms with E-state index in [2.05, 4.69) is 14.9 Å². The minimum atomic E-state index is -3.76. The van der Waals surface area contributed by atoms with Crippen molar-refractivity contribution in [2.45, 2.75) is 31.5 Å². The Hall–Kier alpha value is -1.41. The van der Waals surface area contributed by atoms with Gasteiger partial charge in [0.1, 0.15) is 0 Å². The van der Waals surface area contributed by atoms with Crippen LogP contribution in [0.25, 0.3) is 0 Å². The molecule has 6 nitrogen and oxygen atoms in total. The van der Waals surface area contributed by atoms with E-state index in [1.165, 1.54) is 0 Å². The van der Waals surface area contributed by atoms with Crippen molar-refractivity contribution in [2.24, 2.45) is 5.73 Å². The first-order valence-electron chi connectivity index (χ1n) is 6.37. The molecule has 1 unspecified atom stereocenters. The van der Waals surface area contributed by atoms with Gasteiger partial charge in [0.2, 0.25) is 0 Å². The summed E-state index contributed by atoms with van der Waals surface area (Å²) >= 11 is 5.92. The maximum absolute atomic E-state index is 12.4. The average Bonchev–Trinajstić information content (AvgIpc) is 2.80. The van der Waals surface area contributed by atoms with Crippen LogP contribution in [0.2, 0.25) is 5.02 Å². The Labute approximate surface area is 128 Å². The van der Waals surface area contributed by atoms with Crippen LogP contribution in [0.4, 0.5) is 0 Å². The van der Waals surface area contributed by atoms with Crippen molar-refractivity contribution in [2.75, 3.05) is 0 Å². The Morgan fingerprint density at radius 3 is 2.81 bits per heavy atom. The summed E-state index contributed by atoms with van der Waals surface area (Å²) in [6, 6.07) is 6.59. The molecule has 1 aromatic heterocycles. The minimum absolute atomic E-state index is 0.0589. The second-order valence-electron chi connectivity index (χ2n) is 4.73. The topological polar surface area (TPSA) is 101 Å². The molecule has 0 aliphatic carbocycles. The maximum Gasteiger partial charge on any atom is 0.260 e. The molecule has 0 aliphatic rings. The second kappa shape index (κ2) is 6.15. The van der Waals surface area contributed by atoms with E-state index in [0.29, 0.717) is 16.3 Å². The molecule has 0 saturated heterocycles. The summed E-state index contributed by atoms with van der Waals surface area (Å²) in [5.41, 5.74) is 7.49. The van der Waals surface area contributed by atoms with Gasteiger partial charge in [-0.2, -0.15) is 5.10 Å². The summed E-state index contributed by atoms with van der Waals surface area (Å²) in [4.78, 5) is 0. The fourth-order valence-corrected chi connectivity index (χ4v) is 3.66. The van der Waals surface area contributed by atoms with Crippen LogP contribution in [0.1, 0.15) is 29.8 Å². The maximum atomic E-state index is 12.4. The summed E-state index contributed by atoms with van der Waals surface area (Å²) in [5.74, 6) is 0. The van der Waals surface area contributed by atoms with E-state index in [1.807, 2.05) is 0 Å². The number of benzene rings is 1. The van der Waals surface area contributed by atoms with Crippen LogP contribution in [-0.4, -0.2) is 18.6 Å². The fourth-order valence-electron chi connectivity index (χ4n) is 2.03. The van der Waals surface area contributed by atoms with Crippen LogP contribution in [0.3, 0.4) is 0 Å². The number of hydrogen-bond donors (Lipinski definition) is 3. The van der Waals surface area contributed by atoms with Crippen molar-refractivity contribution in [3.8, 4) is 0 Å². The van der Waals surface area contributed by atoms with Crippen molar-refractivity contribution in [3.05, 3.63) is 46.1 Å². The van der Waals surface area contributed by atoms with Gasteiger partial charge in [-0.15, -0.1) is 0 Å². The lowest BCUT2D eigenvalue weighted by Crippen LogP contribution is -2.28. The van der Waals surface area contributed by atoms with Gasteiger partial charge in [-0.05, 0) is 31.5 Å². The fraction of sp³-hybridized carbons (Fsp3) is 0.308. The number of rotatable bonds is 5. The molecular formula is C13H17ClN4O2S. The molecule has 2 rings (SSSR count). The van der Waals surface area contributed by atoms with Gasteiger partial charge in [0.25, 0.3) is 10.0 Å². The number of nitrogens with two attached hydrogens (primary N) is 1. The predicted octanol–water partition coefficient (Wildman–Crippen LogP) is 1.87. The molecule has 0 aliphatic heterocycles. The molecule has 0 spiro atoms. The van der Waals surface area contributed by atoms with Gasteiger partial charge in [0.05, 0.1) is 0 Å². The molecule has 0 radical (unpaired) electrons. The third-order valence-corrected chi connectivity index (χ3v) is 4.92. The molecule has 1 aromatic carbocycles. The van der Waals surface area contributed by atoms with Crippen molar-refractivity contribution < 1.29 is 8.42 Å². The summed E-state index contributed by atoms with van der Waals surface area (Å²) in [5, 5.41) is 6.98. The number of nitrogens with one attached hydrogen (secondary N) is 2. The van der Waals surface area contributed by atoms with Crippen LogP contribution in [0.5, 0.6) is 0 Å². The number of hydrogen-bond acceptors (Lipinski definition) is 4. The van der Waals surface area contributed by atoms with Crippen LogP contribution in [0.15, 0.2) is 29.3 Å². The predicted molar refractivity (Wildman–Crippen MR) is 81.4 cm³/mol. The monoisotopic (exact) mass is 328 g/mol. The Balaban J connectivity index is 2.29. The first-order chi connectivity index (χ1) is 9.85. The van der Waals surface area contributed by atoms with Gasteiger partial charge in [-0.25, -0.2) is 13.1 Å². The molecule has 2 aromatic rings. The van der Waals surface area contributed by atoms with Gasteiger partial charge in [-0.3, -0.25) is 5.10 Å². The molecule has 21 heavy (non-hydrogen) atoms. The molecule has 0 bridgehead atoms. The van der Waals surface area contributed by atoms with Gasteiger partial charge >= 0.3 is 0 Å². The number of halogens is 1. The number of H-pyrrole nitrogens is 1. The van der Waals surface area contributed by atoms with Crippen LogP contribution >= 0.6 is 11.6 Å². The molecule has 8 heteroatoms. The van der Waals surface area contributed by atoms with E-state index in [-0.39, 0.29) is 11.6 Å². The Kier molecular flexibility index (Phi) is 4.67. The summed E-state index contributed by atoms with van der Waals surface area (Å²) in [7, 11) is -3.76. The number of sulfonamides is 1. The first-order valence-corrected chi connectivity index (χ1v) is 8.23. The average molecular weight is 329 g/mol. The molecule has 0 amide bonds. The van der Waals surface area contributed by atoms with Crippen molar-refractivity contribution in [1.29, 1.82) is 0 Å². The molecule has 0 saturated carbocycles. The highest BCUT2D eigenvalue weighted by Gasteiger charge is 2.25. The van der Waals surface area contributed by atoms with E-state index >= 15 is 0 Å². The normalized spacial score (nSPS) is 13.3. The Morgan fingerprint density at radius 1 is 1.48 bits per heavy atom. The van der Waals surface area contributed by atoms with Crippen LogP contribution in [-0.2, 0) is 16.6 Å². The van der Waals surface area contributed by atoms with E-state index in [0.717, 1.165) is 5.56 Å². The number of aromatic amines is 1. The van der Waals surface area contributed by atoms with Gasteiger partial charge in [-0.1, -0.05) is 23.7 Å². The summed E-state index contributed by atoms with van der Waals surface area (Å²) in [6.07, 6.45) is 0. The largest absolute Gasteiger partial charge is 0.326 e. The molecular weight excluding hydrogens is 312 g/mol. The quantitative estimate of drug-likeness (QED) is 0.779. The third kappa shape index (κ3) is 3.44. The Bertz CT molecular complexity index is 742. The SMILES string of the molecule is Cc1[nH]nc(S(=O)(=O)NC(C)c2cccc(Cl)c2)c1CN. The van der Waals surface area contributed by atoms with Gasteiger partial charge in [0, 0.05) is 28.9 Å². The van der Waals surface area contributed by atoms with Crippen molar-refractivity contribution in [1.82, 2.24) is 14.9 Å². The highest BCUT2D eigenvalue weighted by atomic mass is 35.5. The van der Waals surface area contributed by atoms with Crippen LogP contribution < -0.4 is 10.5 Å². The summed E-state index contributed by atoms with van der Waals surface area (Å²) < 4.78 is 27.4. The molecule has 0 fully saturated rings. The zero-order valence-electron chi connectivity index (χ0n) is 11.7. The summed E-state index contributed by atoms with van der Waals surface area (Å²) in [6.45, 7) is 3.57. The van der Waals surface area contributed by atoms with Gasteiger partial charge in [0.15, 0.2) is 5.03 Å². The van der Waals surface area contributed by atoms with Gasteiger partial charge < -0.3 is 5.73 Å². The highest BCUT2D eigenvalue weighted by Crippen LogP contribution is 2.21. The lowest BCUT2D eigenvalue weighted by atomic mass is 10.1. The molecule has 114 valence electrons. The number of aromatic nitrogens is 2. The number of aryl methyl sites for hydroxylation is 1. The molecule has 4 N–H and O–H groups in total. The third-order valence-electron chi connectivity index (χ3n) is 3.18. The smallest absolute Gasteiger partial charge is 0.260 e. The standard InChI is InChI=1S/C13H17ClN4O2S/c1-8(10-4-3-5-11(14)6-10)18-21(19,20)13-12(7-15)9(2)16-17-13/h3-6,8,18H,7,15H2,1-2H3,(H,16,17). The van der Waals surface area contributed by atoms with Crippen molar-refractivity contribution >= 4 is 21.6 Å². The highest BCUT2D eigenvalue weighted by molar-refractivity contribution is 7.89. The van der Waals surface area contributed by atoms with E-state index in [1.54, 1.807) is 38.1 Å². The van der Waals surface area contributed by atoms with Crippen LogP contribution in [0, 0.1) is 6.92 Å². The minimum Gasteiger partial charge on any atom is -0.326 e. The first kappa shape index (κ1) is 16.0. The zero-order valence-corrected chi connectivity index (χ0v) is 13.3. The lowest BCUT2D eigenvalue weighted by Gasteiger charge is -2.14. The lowest BCUT2D eigenvalue weighted by molar-refractivity contribution is 0.561.